The topological polar surface area (TPSA) is 80.8 Å². The predicted molar refractivity (Wildman–Crippen MR) is 108 cm³/mol. The van der Waals surface area contributed by atoms with Crippen molar-refractivity contribution in [3.05, 3.63) is 78.6 Å². The first-order valence-corrected chi connectivity index (χ1v) is 9.17. The normalized spacial score (nSPS) is 12.7. The molecule has 7 nitrogen and oxygen atoms in total. The van der Waals surface area contributed by atoms with Crippen LogP contribution in [-0.2, 0) is 4.79 Å². The molecule has 7 heteroatoms. The van der Waals surface area contributed by atoms with Crippen LogP contribution in [0.5, 0.6) is 11.5 Å². The number of carbonyl (C=O) groups excluding carboxylic acids is 2. The zero-order chi connectivity index (χ0) is 20.1. The Labute approximate surface area is 167 Å². The number of anilines is 2. The van der Waals surface area contributed by atoms with Crippen LogP contribution in [0, 0.1) is 0 Å². The average molecular weight is 389 g/mol. The van der Waals surface area contributed by atoms with Gasteiger partial charge in [-0.2, -0.15) is 0 Å². The second-order valence-corrected chi connectivity index (χ2v) is 6.37. The van der Waals surface area contributed by atoms with E-state index in [0.717, 1.165) is 5.75 Å². The summed E-state index contributed by atoms with van der Waals surface area (Å²) in [4.78, 5) is 30.2. The number of carbonyl (C=O) groups is 2. The second-order valence-electron chi connectivity index (χ2n) is 6.37. The number of nitrogens with one attached hydrogen (secondary N) is 1. The molecule has 1 N–H and O–H groups in total. The molecule has 2 amide bonds. The molecule has 0 unspecified atom stereocenters. The van der Waals surface area contributed by atoms with Crippen molar-refractivity contribution in [3.8, 4) is 11.5 Å². The van der Waals surface area contributed by atoms with Crippen molar-refractivity contribution in [2.45, 2.75) is 0 Å². The maximum absolute atomic E-state index is 12.3. The van der Waals surface area contributed by atoms with Crippen LogP contribution in [0.1, 0.15) is 10.4 Å². The predicted octanol–water partition coefficient (Wildman–Crippen LogP) is 3.14. The number of aromatic nitrogens is 1. The van der Waals surface area contributed by atoms with Gasteiger partial charge in [-0.05, 0) is 36.4 Å². The molecule has 2 aromatic carbocycles. The molecular weight excluding hydrogens is 370 g/mol. The van der Waals surface area contributed by atoms with Gasteiger partial charge < -0.3 is 19.7 Å². The van der Waals surface area contributed by atoms with Crippen LogP contribution >= 0.6 is 0 Å². The van der Waals surface area contributed by atoms with E-state index < -0.39 is 0 Å². The number of benzene rings is 2. The van der Waals surface area contributed by atoms with Gasteiger partial charge in [0.05, 0.1) is 17.8 Å². The quantitative estimate of drug-likeness (QED) is 0.701. The molecular formula is C22H19N3O4. The Kier molecular flexibility index (Phi) is 5.38. The van der Waals surface area contributed by atoms with Crippen molar-refractivity contribution >= 4 is 23.2 Å². The van der Waals surface area contributed by atoms with Crippen molar-refractivity contribution in [2.75, 3.05) is 30.0 Å². The van der Waals surface area contributed by atoms with Gasteiger partial charge in [0, 0.05) is 24.1 Å². The van der Waals surface area contributed by atoms with E-state index in [2.05, 4.69) is 10.3 Å². The zero-order valence-corrected chi connectivity index (χ0v) is 15.6. The highest BCUT2D eigenvalue weighted by Gasteiger charge is 2.25. The standard InChI is InChI=1S/C22H19N3O4/c26-21-15-29-20-13-17(24-22(27)16-5-4-10-23-14-16)8-9-19(20)25(21)11-12-28-18-6-2-1-3-7-18/h1-10,13-14H,11-12,15H2,(H,24,27). The first-order valence-electron chi connectivity index (χ1n) is 9.17. The first kappa shape index (κ1) is 18.5. The van der Waals surface area contributed by atoms with Crippen LogP contribution in [0.4, 0.5) is 11.4 Å². The number of para-hydroxylation sites is 1. The summed E-state index contributed by atoms with van der Waals surface area (Å²) in [5.41, 5.74) is 1.69. The Morgan fingerprint density at radius 2 is 2.00 bits per heavy atom. The van der Waals surface area contributed by atoms with Crippen LogP contribution in [0.25, 0.3) is 0 Å². The molecule has 0 spiro atoms. The lowest BCUT2D eigenvalue weighted by Gasteiger charge is -2.29. The molecule has 3 aromatic rings. The van der Waals surface area contributed by atoms with Crippen molar-refractivity contribution < 1.29 is 19.1 Å². The van der Waals surface area contributed by atoms with Gasteiger partial charge in [-0.1, -0.05) is 18.2 Å². The molecule has 1 aromatic heterocycles. The van der Waals surface area contributed by atoms with Crippen molar-refractivity contribution in [1.82, 2.24) is 4.98 Å². The van der Waals surface area contributed by atoms with Gasteiger partial charge in [0.2, 0.25) is 0 Å². The fraction of sp³-hybridized carbons (Fsp3) is 0.136. The third-order valence-corrected chi connectivity index (χ3v) is 4.41. The van der Waals surface area contributed by atoms with E-state index in [9.17, 15) is 9.59 Å². The number of fused-ring (bicyclic) bond motifs is 1. The minimum atomic E-state index is -0.266. The lowest BCUT2D eigenvalue weighted by atomic mass is 10.2. The van der Waals surface area contributed by atoms with E-state index in [-0.39, 0.29) is 18.4 Å². The number of ether oxygens (including phenoxy) is 2. The summed E-state index contributed by atoms with van der Waals surface area (Å²) in [5, 5.41) is 2.81. The van der Waals surface area contributed by atoms with Gasteiger partial charge >= 0.3 is 0 Å². The fourth-order valence-electron chi connectivity index (χ4n) is 3.00. The molecule has 0 radical (unpaired) electrons. The van der Waals surface area contributed by atoms with E-state index in [4.69, 9.17) is 9.47 Å². The van der Waals surface area contributed by atoms with E-state index in [1.807, 2.05) is 30.3 Å². The summed E-state index contributed by atoms with van der Waals surface area (Å²) < 4.78 is 11.3. The van der Waals surface area contributed by atoms with Gasteiger partial charge in [-0.15, -0.1) is 0 Å². The Morgan fingerprint density at radius 1 is 1.14 bits per heavy atom. The highest BCUT2D eigenvalue weighted by Crippen LogP contribution is 2.34. The van der Waals surface area contributed by atoms with Crippen LogP contribution in [-0.4, -0.2) is 36.6 Å². The molecule has 29 heavy (non-hydrogen) atoms. The summed E-state index contributed by atoms with van der Waals surface area (Å²) in [6, 6.07) is 18.0. The van der Waals surface area contributed by atoms with Crippen LogP contribution in [0.2, 0.25) is 0 Å². The van der Waals surface area contributed by atoms with Crippen LogP contribution in [0.3, 0.4) is 0 Å². The van der Waals surface area contributed by atoms with E-state index in [1.165, 1.54) is 6.20 Å². The van der Waals surface area contributed by atoms with Gasteiger partial charge in [0.1, 0.15) is 18.1 Å². The van der Waals surface area contributed by atoms with E-state index >= 15 is 0 Å². The SMILES string of the molecule is O=C(Nc1ccc2c(c1)OCC(=O)N2CCOc1ccccc1)c1cccnc1. The maximum Gasteiger partial charge on any atom is 0.265 e. The molecule has 0 fully saturated rings. The minimum absolute atomic E-state index is 0.0572. The molecule has 0 saturated carbocycles. The molecule has 0 saturated heterocycles. The summed E-state index contributed by atoms with van der Waals surface area (Å²) in [7, 11) is 0. The minimum Gasteiger partial charge on any atom is -0.492 e. The monoisotopic (exact) mass is 389 g/mol. The fourth-order valence-corrected chi connectivity index (χ4v) is 3.00. The van der Waals surface area contributed by atoms with Gasteiger partial charge in [0.25, 0.3) is 11.8 Å². The first-order chi connectivity index (χ1) is 14.2. The molecule has 4 rings (SSSR count). The van der Waals surface area contributed by atoms with Crippen molar-refractivity contribution in [1.29, 1.82) is 0 Å². The Bertz CT molecular complexity index is 1010. The largest absolute Gasteiger partial charge is 0.492 e. The van der Waals surface area contributed by atoms with Crippen molar-refractivity contribution in [3.63, 3.8) is 0 Å². The maximum atomic E-state index is 12.3. The highest BCUT2D eigenvalue weighted by atomic mass is 16.5. The number of hydrogen-bond acceptors (Lipinski definition) is 5. The van der Waals surface area contributed by atoms with Crippen LogP contribution < -0.4 is 19.7 Å². The van der Waals surface area contributed by atoms with Gasteiger partial charge in [0.15, 0.2) is 6.61 Å². The number of hydrogen-bond donors (Lipinski definition) is 1. The molecule has 146 valence electrons. The molecule has 1 aliphatic heterocycles. The van der Waals surface area contributed by atoms with E-state index in [0.29, 0.717) is 35.8 Å². The number of pyridine rings is 1. The Balaban J connectivity index is 1.44. The number of nitrogens with zero attached hydrogens (tertiary/aromatic N) is 2. The third-order valence-electron chi connectivity index (χ3n) is 4.41. The number of rotatable bonds is 6. The van der Waals surface area contributed by atoms with E-state index in [1.54, 1.807) is 41.4 Å². The summed E-state index contributed by atoms with van der Waals surface area (Å²) in [5.74, 6) is 0.884. The molecule has 2 heterocycles. The average Bonchev–Trinajstić information content (AvgIpc) is 2.76. The smallest absolute Gasteiger partial charge is 0.265 e. The summed E-state index contributed by atoms with van der Waals surface area (Å²) in [6.07, 6.45) is 3.11. The van der Waals surface area contributed by atoms with Gasteiger partial charge in [-0.25, -0.2) is 0 Å². The van der Waals surface area contributed by atoms with Crippen LogP contribution in [0.15, 0.2) is 73.1 Å². The third kappa shape index (κ3) is 4.35. The molecule has 1 aliphatic rings. The lowest BCUT2D eigenvalue weighted by molar-refractivity contribution is -0.121. The second kappa shape index (κ2) is 8.43. The highest BCUT2D eigenvalue weighted by molar-refractivity contribution is 6.04. The summed E-state index contributed by atoms with van der Waals surface area (Å²) in [6.45, 7) is 0.693. The van der Waals surface area contributed by atoms with Crippen molar-refractivity contribution in [2.24, 2.45) is 0 Å². The Morgan fingerprint density at radius 3 is 2.79 bits per heavy atom. The number of amides is 2. The summed E-state index contributed by atoms with van der Waals surface area (Å²) >= 11 is 0. The molecule has 0 bridgehead atoms. The Hall–Kier alpha value is -3.87. The molecule has 0 aliphatic carbocycles. The lowest BCUT2D eigenvalue weighted by Crippen LogP contribution is -2.41. The molecule has 0 atom stereocenters. The van der Waals surface area contributed by atoms with Gasteiger partial charge in [-0.3, -0.25) is 14.6 Å². The zero-order valence-electron chi connectivity index (χ0n) is 15.6.